The number of hydrogen-bond acceptors (Lipinski definition) is 8. The van der Waals surface area contributed by atoms with Gasteiger partial charge in [-0.2, -0.15) is 4.98 Å². The van der Waals surface area contributed by atoms with E-state index in [-0.39, 0.29) is 22.0 Å². The fourth-order valence-electron chi connectivity index (χ4n) is 3.08. The number of nitrogens with zero attached hydrogens (tertiary/aromatic N) is 2. The smallest absolute Gasteiger partial charge is 0.269 e. The predicted octanol–water partition coefficient (Wildman–Crippen LogP) is 4.71. The summed E-state index contributed by atoms with van der Waals surface area (Å²) in [5.74, 6) is -0.870. The maximum absolute atomic E-state index is 13.3. The van der Waals surface area contributed by atoms with Crippen LogP contribution in [0.1, 0.15) is 5.56 Å². The van der Waals surface area contributed by atoms with Crippen molar-refractivity contribution in [3.8, 4) is 11.5 Å². The minimum atomic E-state index is -4.37. The van der Waals surface area contributed by atoms with E-state index in [1.54, 1.807) is 6.07 Å². The lowest BCUT2D eigenvalue weighted by molar-refractivity contribution is -0.384. The second-order valence-electron chi connectivity index (χ2n) is 7.12. The lowest BCUT2D eigenvalue weighted by atomic mass is 10.2. The van der Waals surface area contributed by atoms with Crippen LogP contribution in [0.5, 0.6) is 0 Å². The van der Waals surface area contributed by atoms with Gasteiger partial charge in [0.2, 0.25) is 30.6 Å². The molecule has 4 aromatic rings. The molecule has 0 radical (unpaired) electrons. The highest BCUT2D eigenvalue weighted by Crippen LogP contribution is 2.33. The van der Waals surface area contributed by atoms with Gasteiger partial charge in [0.05, 0.1) is 15.6 Å². The van der Waals surface area contributed by atoms with Crippen LogP contribution in [0.15, 0.2) is 98.3 Å². The van der Waals surface area contributed by atoms with E-state index in [0.29, 0.717) is 10.6 Å². The molecule has 12 heteroatoms. The van der Waals surface area contributed by atoms with Crippen LogP contribution in [-0.4, -0.2) is 26.7 Å². The number of sulfone groups is 2. The van der Waals surface area contributed by atoms with Crippen molar-refractivity contribution in [2.75, 3.05) is 0 Å². The SMILES string of the molecule is O=[N+]([O-])c1ccc(CS(=O)(=O)c2oc(-c3ccc(Cl)cc3)nc2S(=O)(=O)c2ccccc2)cc1. The van der Waals surface area contributed by atoms with Crippen molar-refractivity contribution in [2.45, 2.75) is 20.8 Å². The average molecular weight is 519 g/mol. The highest BCUT2D eigenvalue weighted by molar-refractivity contribution is 7.94. The van der Waals surface area contributed by atoms with Crippen molar-refractivity contribution in [1.82, 2.24) is 4.98 Å². The predicted molar refractivity (Wildman–Crippen MR) is 123 cm³/mol. The quantitative estimate of drug-likeness (QED) is 0.253. The molecule has 34 heavy (non-hydrogen) atoms. The van der Waals surface area contributed by atoms with E-state index in [0.717, 1.165) is 12.1 Å². The molecule has 0 bridgehead atoms. The third-order valence-corrected chi connectivity index (χ3v) is 8.37. The van der Waals surface area contributed by atoms with Crippen LogP contribution in [0.2, 0.25) is 5.02 Å². The number of oxazole rings is 1. The van der Waals surface area contributed by atoms with Gasteiger partial charge < -0.3 is 4.42 Å². The first kappa shape index (κ1) is 23.6. The van der Waals surface area contributed by atoms with E-state index in [1.807, 2.05) is 0 Å². The zero-order valence-electron chi connectivity index (χ0n) is 17.2. The number of aromatic nitrogens is 1. The van der Waals surface area contributed by atoms with E-state index in [1.165, 1.54) is 60.7 Å². The molecule has 0 aliphatic heterocycles. The summed E-state index contributed by atoms with van der Waals surface area (Å²) in [6, 6.07) is 18.2. The molecule has 0 atom stereocenters. The first-order valence-electron chi connectivity index (χ1n) is 9.61. The maximum atomic E-state index is 13.3. The van der Waals surface area contributed by atoms with Crippen LogP contribution >= 0.6 is 11.6 Å². The van der Waals surface area contributed by atoms with Gasteiger partial charge >= 0.3 is 0 Å². The largest absolute Gasteiger partial charge is 0.423 e. The summed E-state index contributed by atoms with van der Waals surface area (Å²) >= 11 is 5.90. The monoisotopic (exact) mass is 518 g/mol. The van der Waals surface area contributed by atoms with Gasteiger partial charge in [-0.15, -0.1) is 0 Å². The van der Waals surface area contributed by atoms with Gasteiger partial charge in [-0.3, -0.25) is 10.1 Å². The minimum Gasteiger partial charge on any atom is -0.423 e. The molecule has 0 N–H and O–H groups in total. The summed E-state index contributed by atoms with van der Waals surface area (Å²) in [6.45, 7) is 0. The molecule has 4 rings (SSSR count). The Morgan fingerprint density at radius 3 is 2.09 bits per heavy atom. The normalized spacial score (nSPS) is 11.9. The van der Waals surface area contributed by atoms with Gasteiger partial charge in [-0.25, -0.2) is 16.8 Å². The molecule has 0 amide bonds. The van der Waals surface area contributed by atoms with Crippen molar-refractivity contribution in [1.29, 1.82) is 0 Å². The number of hydrogen-bond donors (Lipinski definition) is 0. The van der Waals surface area contributed by atoms with Gasteiger partial charge in [-0.1, -0.05) is 41.9 Å². The molecule has 0 saturated heterocycles. The minimum absolute atomic E-state index is 0.155. The Hall–Kier alpha value is -3.54. The van der Waals surface area contributed by atoms with Crippen molar-refractivity contribution in [3.63, 3.8) is 0 Å². The summed E-state index contributed by atoms with van der Waals surface area (Å²) in [4.78, 5) is 14.1. The Balaban J connectivity index is 1.84. The molecule has 0 unspecified atom stereocenters. The zero-order valence-corrected chi connectivity index (χ0v) is 19.5. The van der Waals surface area contributed by atoms with Crippen LogP contribution < -0.4 is 0 Å². The topological polar surface area (TPSA) is 137 Å². The lowest BCUT2D eigenvalue weighted by Gasteiger charge is -2.05. The van der Waals surface area contributed by atoms with Gasteiger partial charge in [0.15, 0.2) is 0 Å². The molecular weight excluding hydrogens is 504 g/mol. The molecule has 3 aromatic carbocycles. The van der Waals surface area contributed by atoms with Crippen molar-refractivity contribution in [2.24, 2.45) is 0 Å². The van der Waals surface area contributed by atoms with Gasteiger partial charge in [0, 0.05) is 22.7 Å². The number of halogens is 1. The van der Waals surface area contributed by atoms with Crippen molar-refractivity contribution >= 4 is 37.0 Å². The molecule has 0 aliphatic carbocycles. The fourth-order valence-corrected chi connectivity index (χ4v) is 6.40. The van der Waals surface area contributed by atoms with E-state index < -0.39 is 40.5 Å². The number of benzene rings is 3. The Morgan fingerprint density at radius 1 is 0.882 bits per heavy atom. The molecule has 1 heterocycles. The average Bonchev–Trinajstić information content (AvgIpc) is 3.28. The molecule has 0 aliphatic rings. The van der Waals surface area contributed by atoms with E-state index in [9.17, 15) is 26.9 Å². The summed E-state index contributed by atoms with van der Waals surface area (Å²) in [7, 11) is -8.73. The molecule has 0 spiro atoms. The first-order valence-corrected chi connectivity index (χ1v) is 13.1. The van der Waals surface area contributed by atoms with Gasteiger partial charge in [-0.05, 0) is 42.0 Å². The summed E-state index contributed by atoms with van der Waals surface area (Å²) in [5, 5.41) is 9.71. The maximum Gasteiger partial charge on any atom is 0.269 e. The fraction of sp³-hybridized carbons (Fsp3) is 0.0455. The Kier molecular flexibility index (Phi) is 6.26. The second kappa shape index (κ2) is 9.01. The summed E-state index contributed by atoms with van der Waals surface area (Å²) < 4.78 is 58.6. The molecule has 1 aromatic heterocycles. The molecule has 9 nitrogen and oxygen atoms in total. The van der Waals surface area contributed by atoms with Crippen LogP contribution in [0, 0.1) is 10.1 Å². The first-order chi connectivity index (χ1) is 16.1. The lowest BCUT2D eigenvalue weighted by Crippen LogP contribution is -2.11. The van der Waals surface area contributed by atoms with Gasteiger partial charge in [0.1, 0.15) is 0 Å². The zero-order chi connectivity index (χ0) is 24.5. The number of rotatable bonds is 7. The third kappa shape index (κ3) is 4.72. The molecule has 174 valence electrons. The van der Waals surface area contributed by atoms with Crippen LogP contribution in [0.4, 0.5) is 5.69 Å². The van der Waals surface area contributed by atoms with Crippen molar-refractivity contribution in [3.05, 3.63) is 99.6 Å². The number of non-ortho nitro benzene ring substituents is 1. The second-order valence-corrected chi connectivity index (χ2v) is 11.3. The van der Waals surface area contributed by atoms with E-state index in [4.69, 9.17) is 16.0 Å². The highest BCUT2D eigenvalue weighted by atomic mass is 35.5. The Bertz CT molecular complexity index is 1560. The van der Waals surface area contributed by atoms with E-state index in [2.05, 4.69) is 4.98 Å². The Morgan fingerprint density at radius 2 is 1.50 bits per heavy atom. The standard InChI is InChI=1S/C22H15ClN2O7S2/c23-17-10-8-16(9-11-17)20-24-21(34(30,31)19-4-2-1-3-5-19)22(32-20)33(28,29)14-15-6-12-18(13-7-15)25(26)27/h1-13H,14H2. The Labute approximate surface area is 199 Å². The molecule has 0 fully saturated rings. The van der Waals surface area contributed by atoms with Crippen molar-refractivity contribution < 1.29 is 26.2 Å². The third-order valence-electron chi connectivity index (χ3n) is 4.75. The summed E-state index contributed by atoms with van der Waals surface area (Å²) in [5.41, 5.74) is 0.321. The molecular formula is C22H15ClN2O7S2. The number of nitro groups is 1. The van der Waals surface area contributed by atoms with E-state index >= 15 is 0 Å². The van der Waals surface area contributed by atoms with Crippen LogP contribution in [-0.2, 0) is 25.4 Å². The molecule has 0 saturated carbocycles. The summed E-state index contributed by atoms with van der Waals surface area (Å²) in [6.07, 6.45) is 0. The van der Waals surface area contributed by atoms with Crippen LogP contribution in [0.3, 0.4) is 0 Å². The van der Waals surface area contributed by atoms with Crippen LogP contribution in [0.25, 0.3) is 11.5 Å². The highest BCUT2D eigenvalue weighted by Gasteiger charge is 2.35. The number of nitro benzene ring substituents is 1. The van der Waals surface area contributed by atoms with Gasteiger partial charge in [0.25, 0.3) is 10.8 Å².